The van der Waals surface area contributed by atoms with Gasteiger partial charge < -0.3 is 4.57 Å². The molecule has 1 unspecified atom stereocenters. The molecule has 1 heterocycles. The van der Waals surface area contributed by atoms with Crippen LogP contribution in [0, 0.1) is 0 Å². The van der Waals surface area contributed by atoms with E-state index in [2.05, 4.69) is 10.6 Å². The summed E-state index contributed by atoms with van der Waals surface area (Å²) in [6.07, 6.45) is 7.75. The van der Waals surface area contributed by atoms with Crippen molar-refractivity contribution < 1.29 is 0 Å². The number of aromatic nitrogens is 2. The number of rotatable bonds is 2. The van der Waals surface area contributed by atoms with Gasteiger partial charge in [-0.2, -0.15) is 0 Å². The first kappa shape index (κ1) is 14.2. The molecule has 1 aliphatic carbocycles. The molecular formula is C16H20Cl2N2. The lowest BCUT2D eigenvalue weighted by Gasteiger charge is -2.21. The quantitative estimate of drug-likeness (QED) is 0.500. The molecule has 0 spiro atoms. The highest BCUT2D eigenvalue weighted by molar-refractivity contribution is 6.31. The summed E-state index contributed by atoms with van der Waals surface area (Å²) in [5.41, 5.74) is 2.13. The molecule has 108 valence electrons. The Morgan fingerprint density at radius 3 is 2.55 bits per heavy atom. The Labute approximate surface area is 130 Å². The fourth-order valence-electron chi connectivity index (χ4n) is 3.27. The first-order valence-corrected chi connectivity index (χ1v) is 8.29. The molecular weight excluding hydrogens is 291 g/mol. The molecule has 0 aliphatic heterocycles. The number of nitrogens with zero attached hydrogens (tertiary/aromatic N) is 2. The second-order valence-electron chi connectivity index (χ2n) is 5.73. The molecule has 0 radical (unpaired) electrons. The van der Waals surface area contributed by atoms with Crippen LogP contribution in [0.15, 0.2) is 18.2 Å². The zero-order valence-electron chi connectivity index (χ0n) is 11.8. The molecule has 20 heavy (non-hydrogen) atoms. The highest BCUT2D eigenvalue weighted by atomic mass is 35.5. The third kappa shape index (κ3) is 2.68. The van der Waals surface area contributed by atoms with Crippen LogP contribution in [0.2, 0.25) is 5.02 Å². The van der Waals surface area contributed by atoms with E-state index in [1.165, 1.54) is 44.0 Å². The van der Waals surface area contributed by atoms with Crippen LogP contribution < -0.4 is 0 Å². The first-order valence-electron chi connectivity index (χ1n) is 7.48. The van der Waals surface area contributed by atoms with E-state index in [9.17, 15) is 0 Å². The van der Waals surface area contributed by atoms with E-state index >= 15 is 0 Å². The Balaban J connectivity index is 2.12. The predicted octanol–water partition coefficient (Wildman–Crippen LogP) is 5.88. The molecule has 1 aliphatic rings. The Kier molecular flexibility index (Phi) is 4.23. The summed E-state index contributed by atoms with van der Waals surface area (Å²) in [5, 5.41) is 0.654. The number of benzene rings is 1. The van der Waals surface area contributed by atoms with Gasteiger partial charge in [-0.3, -0.25) is 0 Å². The lowest BCUT2D eigenvalue weighted by Crippen LogP contribution is -2.12. The SMILES string of the molecule is CC(Cl)c1nc2cc(Cl)ccc2n1C1CCCCCC1. The Morgan fingerprint density at radius 1 is 1.20 bits per heavy atom. The molecule has 1 fully saturated rings. The number of fused-ring (bicyclic) bond motifs is 1. The maximum absolute atomic E-state index is 6.36. The van der Waals surface area contributed by atoms with E-state index < -0.39 is 0 Å². The minimum atomic E-state index is -0.0792. The standard InChI is InChI=1S/C16H20Cl2N2/c1-11(17)16-19-14-10-12(18)8-9-15(14)20(16)13-6-4-2-3-5-7-13/h8-11,13H,2-7H2,1H3. The Bertz CT molecular complexity index is 596. The highest BCUT2D eigenvalue weighted by Crippen LogP contribution is 2.35. The van der Waals surface area contributed by atoms with Crippen LogP contribution in [0.25, 0.3) is 11.0 Å². The first-order chi connectivity index (χ1) is 9.66. The minimum Gasteiger partial charge on any atom is -0.324 e. The largest absolute Gasteiger partial charge is 0.324 e. The van der Waals surface area contributed by atoms with Crippen molar-refractivity contribution in [2.75, 3.05) is 0 Å². The van der Waals surface area contributed by atoms with Crippen LogP contribution in [0.1, 0.15) is 62.7 Å². The molecule has 2 aromatic rings. The van der Waals surface area contributed by atoms with E-state index in [-0.39, 0.29) is 5.38 Å². The zero-order valence-corrected chi connectivity index (χ0v) is 13.3. The fraction of sp³-hybridized carbons (Fsp3) is 0.562. The van der Waals surface area contributed by atoms with Crippen LogP contribution in [0.3, 0.4) is 0 Å². The van der Waals surface area contributed by atoms with Crippen molar-refractivity contribution in [3.63, 3.8) is 0 Å². The van der Waals surface area contributed by atoms with Gasteiger partial charge in [0.2, 0.25) is 0 Å². The maximum atomic E-state index is 6.36. The van der Waals surface area contributed by atoms with Gasteiger partial charge in [0.15, 0.2) is 0 Å². The van der Waals surface area contributed by atoms with Crippen molar-refractivity contribution in [2.45, 2.75) is 56.9 Å². The van der Waals surface area contributed by atoms with Crippen LogP contribution in [0.5, 0.6) is 0 Å². The molecule has 3 rings (SSSR count). The predicted molar refractivity (Wildman–Crippen MR) is 85.8 cm³/mol. The molecule has 0 amide bonds. The summed E-state index contributed by atoms with van der Waals surface area (Å²) >= 11 is 12.5. The van der Waals surface area contributed by atoms with Gasteiger partial charge in [-0.1, -0.05) is 37.3 Å². The van der Waals surface area contributed by atoms with Crippen molar-refractivity contribution in [1.82, 2.24) is 9.55 Å². The third-order valence-corrected chi connectivity index (χ3v) is 4.65. The second-order valence-corrected chi connectivity index (χ2v) is 6.83. The van der Waals surface area contributed by atoms with E-state index in [1.807, 2.05) is 19.1 Å². The smallest absolute Gasteiger partial charge is 0.127 e. The summed E-state index contributed by atoms with van der Waals surface area (Å²) in [6.45, 7) is 2.00. The third-order valence-electron chi connectivity index (χ3n) is 4.22. The van der Waals surface area contributed by atoms with E-state index in [1.54, 1.807) is 0 Å². The van der Waals surface area contributed by atoms with Gasteiger partial charge in [-0.15, -0.1) is 11.6 Å². The van der Waals surface area contributed by atoms with Crippen molar-refractivity contribution in [3.8, 4) is 0 Å². The average molecular weight is 311 g/mol. The maximum Gasteiger partial charge on any atom is 0.127 e. The van der Waals surface area contributed by atoms with Gasteiger partial charge >= 0.3 is 0 Å². The zero-order chi connectivity index (χ0) is 14.1. The topological polar surface area (TPSA) is 17.8 Å². The summed E-state index contributed by atoms with van der Waals surface area (Å²) in [7, 11) is 0. The molecule has 0 bridgehead atoms. The summed E-state index contributed by atoms with van der Waals surface area (Å²) in [4.78, 5) is 4.73. The van der Waals surface area contributed by atoms with Gasteiger partial charge in [0, 0.05) is 11.1 Å². The van der Waals surface area contributed by atoms with Gasteiger partial charge in [0.25, 0.3) is 0 Å². The molecule has 4 heteroatoms. The number of hydrogen-bond donors (Lipinski definition) is 0. The highest BCUT2D eigenvalue weighted by Gasteiger charge is 2.22. The number of alkyl halides is 1. The molecule has 1 aromatic carbocycles. The van der Waals surface area contributed by atoms with Crippen LogP contribution >= 0.6 is 23.2 Å². The molecule has 1 atom stereocenters. The molecule has 1 saturated carbocycles. The number of hydrogen-bond acceptors (Lipinski definition) is 1. The van der Waals surface area contributed by atoms with Crippen molar-refractivity contribution in [1.29, 1.82) is 0 Å². The molecule has 1 aromatic heterocycles. The summed E-state index contributed by atoms with van der Waals surface area (Å²) in [6, 6.07) is 6.49. The summed E-state index contributed by atoms with van der Waals surface area (Å²) in [5.74, 6) is 0.982. The fourth-order valence-corrected chi connectivity index (χ4v) is 3.59. The van der Waals surface area contributed by atoms with Crippen molar-refractivity contribution in [2.24, 2.45) is 0 Å². The molecule has 2 nitrogen and oxygen atoms in total. The van der Waals surface area contributed by atoms with Gasteiger partial charge in [0.05, 0.1) is 16.4 Å². The van der Waals surface area contributed by atoms with Gasteiger partial charge in [-0.05, 0) is 38.0 Å². The Hall–Kier alpha value is -0.730. The number of halogens is 2. The van der Waals surface area contributed by atoms with Crippen molar-refractivity contribution >= 4 is 34.2 Å². The summed E-state index contributed by atoms with van der Waals surface area (Å²) < 4.78 is 2.37. The van der Waals surface area contributed by atoms with E-state index in [4.69, 9.17) is 28.2 Å². The average Bonchev–Trinajstić information content (AvgIpc) is 2.59. The van der Waals surface area contributed by atoms with Crippen LogP contribution in [-0.2, 0) is 0 Å². The lowest BCUT2D eigenvalue weighted by molar-refractivity contribution is 0.440. The van der Waals surface area contributed by atoms with Gasteiger partial charge in [-0.25, -0.2) is 4.98 Å². The minimum absolute atomic E-state index is 0.0792. The Morgan fingerprint density at radius 2 is 1.90 bits per heavy atom. The second kappa shape index (κ2) is 5.95. The molecule has 0 N–H and O–H groups in total. The normalized spacial score (nSPS) is 19.1. The van der Waals surface area contributed by atoms with Crippen molar-refractivity contribution in [3.05, 3.63) is 29.0 Å². The van der Waals surface area contributed by atoms with E-state index in [0.29, 0.717) is 6.04 Å². The van der Waals surface area contributed by atoms with Crippen LogP contribution in [-0.4, -0.2) is 9.55 Å². The monoisotopic (exact) mass is 310 g/mol. The number of imidazole rings is 1. The van der Waals surface area contributed by atoms with E-state index in [0.717, 1.165) is 16.4 Å². The van der Waals surface area contributed by atoms with Gasteiger partial charge in [0.1, 0.15) is 5.82 Å². The lowest BCUT2D eigenvalue weighted by atomic mass is 10.1. The van der Waals surface area contributed by atoms with Crippen LogP contribution in [0.4, 0.5) is 0 Å². The molecule has 0 saturated heterocycles.